The third-order valence-electron chi connectivity index (χ3n) is 4.82. The zero-order valence-corrected chi connectivity index (χ0v) is 18.1. The van der Waals surface area contributed by atoms with E-state index in [4.69, 9.17) is 14.2 Å². The first-order valence-electron chi connectivity index (χ1n) is 9.59. The van der Waals surface area contributed by atoms with E-state index in [9.17, 15) is 13.2 Å². The summed E-state index contributed by atoms with van der Waals surface area (Å²) in [4.78, 5) is 13.6. The number of rotatable bonds is 8. The molecule has 1 aliphatic rings. The van der Waals surface area contributed by atoms with Gasteiger partial charge in [-0.05, 0) is 48.7 Å². The van der Waals surface area contributed by atoms with Gasteiger partial charge in [-0.1, -0.05) is 0 Å². The highest BCUT2D eigenvalue weighted by molar-refractivity contribution is 7.92. The molecule has 0 saturated carbocycles. The van der Waals surface area contributed by atoms with Gasteiger partial charge in [-0.15, -0.1) is 0 Å². The largest absolute Gasteiger partial charge is 0.493 e. The van der Waals surface area contributed by atoms with Crippen molar-refractivity contribution in [3.63, 3.8) is 0 Å². The van der Waals surface area contributed by atoms with E-state index in [1.54, 1.807) is 42.3 Å². The molecule has 0 unspecified atom stereocenters. The van der Waals surface area contributed by atoms with Crippen LogP contribution in [0.2, 0.25) is 0 Å². The molecule has 0 atom stereocenters. The zero-order chi connectivity index (χ0) is 21.7. The third kappa shape index (κ3) is 4.85. The summed E-state index contributed by atoms with van der Waals surface area (Å²) < 4.78 is 44.3. The molecule has 0 aliphatic carbocycles. The van der Waals surface area contributed by atoms with Gasteiger partial charge in [0.25, 0.3) is 10.0 Å². The first-order valence-corrected chi connectivity index (χ1v) is 11.1. The summed E-state index contributed by atoms with van der Waals surface area (Å²) >= 11 is 0. The number of nitrogens with zero attached hydrogens (tertiary/aromatic N) is 1. The Morgan fingerprint density at radius 2 is 1.90 bits per heavy atom. The van der Waals surface area contributed by atoms with Gasteiger partial charge in [0.05, 0.1) is 24.3 Å². The van der Waals surface area contributed by atoms with E-state index in [0.29, 0.717) is 36.9 Å². The summed E-state index contributed by atoms with van der Waals surface area (Å²) in [6, 6.07) is 9.65. The quantitative estimate of drug-likeness (QED) is 0.642. The summed E-state index contributed by atoms with van der Waals surface area (Å²) in [5.41, 5.74) is 1.97. The normalized spacial score (nSPS) is 13.5. The van der Waals surface area contributed by atoms with Crippen LogP contribution in [-0.2, 0) is 26.0 Å². The van der Waals surface area contributed by atoms with Gasteiger partial charge in [0.1, 0.15) is 6.61 Å². The monoisotopic (exact) mass is 434 g/mol. The van der Waals surface area contributed by atoms with Crippen molar-refractivity contribution in [3.8, 4) is 11.5 Å². The lowest BCUT2D eigenvalue weighted by Gasteiger charge is -2.28. The van der Waals surface area contributed by atoms with Crippen molar-refractivity contribution in [3.05, 3.63) is 42.0 Å². The molecule has 0 bridgehead atoms. The number of ether oxygens (including phenoxy) is 3. The van der Waals surface area contributed by atoms with Gasteiger partial charge in [-0.2, -0.15) is 0 Å². The molecule has 1 heterocycles. The maximum atomic E-state index is 12.9. The topological polar surface area (TPSA) is 94.2 Å². The fourth-order valence-electron chi connectivity index (χ4n) is 3.37. The van der Waals surface area contributed by atoms with Crippen molar-refractivity contribution in [2.75, 3.05) is 43.6 Å². The van der Waals surface area contributed by atoms with Crippen molar-refractivity contribution in [2.45, 2.75) is 24.7 Å². The average Bonchev–Trinajstić information content (AvgIpc) is 2.73. The fraction of sp³-hybridized carbons (Fsp3) is 0.381. The first-order chi connectivity index (χ1) is 14.4. The fourth-order valence-corrected chi connectivity index (χ4v) is 4.47. The highest BCUT2D eigenvalue weighted by atomic mass is 32.2. The Labute approximate surface area is 176 Å². The zero-order valence-electron chi connectivity index (χ0n) is 17.3. The van der Waals surface area contributed by atoms with Crippen LogP contribution in [0.25, 0.3) is 0 Å². The molecular formula is C21H26N2O6S. The Morgan fingerprint density at radius 1 is 1.10 bits per heavy atom. The molecule has 8 nitrogen and oxygen atoms in total. The number of carbonyl (C=O) groups is 1. The molecule has 1 amide bonds. The Kier molecular flexibility index (Phi) is 6.84. The summed E-state index contributed by atoms with van der Waals surface area (Å²) in [6.45, 7) is 2.85. The van der Waals surface area contributed by atoms with Gasteiger partial charge in [-0.25, -0.2) is 8.42 Å². The number of anilines is 2. The van der Waals surface area contributed by atoms with Gasteiger partial charge in [-0.3, -0.25) is 9.52 Å². The number of aryl methyl sites for hydroxylation is 1. The minimum absolute atomic E-state index is 0.0519. The lowest BCUT2D eigenvalue weighted by atomic mass is 10.0. The van der Waals surface area contributed by atoms with Crippen molar-refractivity contribution in [1.29, 1.82) is 0 Å². The minimum atomic E-state index is -3.82. The van der Waals surface area contributed by atoms with E-state index >= 15 is 0 Å². The molecule has 30 heavy (non-hydrogen) atoms. The number of benzene rings is 2. The Hall–Kier alpha value is -2.78. The number of fused-ring (bicyclic) bond motifs is 1. The van der Waals surface area contributed by atoms with Crippen LogP contribution in [0.5, 0.6) is 11.5 Å². The van der Waals surface area contributed by atoms with Crippen LogP contribution < -0.4 is 19.1 Å². The second kappa shape index (κ2) is 9.36. The lowest BCUT2D eigenvalue weighted by Crippen LogP contribution is -2.33. The van der Waals surface area contributed by atoms with Crippen LogP contribution in [0.3, 0.4) is 0 Å². The molecule has 3 rings (SSSR count). The Morgan fingerprint density at radius 3 is 2.60 bits per heavy atom. The van der Waals surface area contributed by atoms with Gasteiger partial charge < -0.3 is 19.1 Å². The van der Waals surface area contributed by atoms with E-state index in [0.717, 1.165) is 24.1 Å². The second-order valence-corrected chi connectivity index (χ2v) is 8.56. The van der Waals surface area contributed by atoms with Crippen molar-refractivity contribution in [1.82, 2.24) is 0 Å². The SMILES string of the molecule is COCCOc1cc(NS(=O)(=O)c2ccc3c(c2)CCCN3C(C)=O)ccc1OC. The molecule has 0 saturated heterocycles. The van der Waals surface area contributed by atoms with Crippen LogP contribution in [0.15, 0.2) is 41.3 Å². The molecule has 2 aromatic rings. The summed E-state index contributed by atoms with van der Waals surface area (Å²) in [5.74, 6) is 0.855. The summed E-state index contributed by atoms with van der Waals surface area (Å²) in [7, 11) is -0.738. The van der Waals surface area contributed by atoms with Crippen LogP contribution in [0, 0.1) is 0 Å². The number of methoxy groups -OCH3 is 2. The van der Waals surface area contributed by atoms with Crippen LogP contribution in [-0.4, -0.2) is 48.3 Å². The van der Waals surface area contributed by atoms with Crippen LogP contribution in [0.1, 0.15) is 18.9 Å². The molecule has 0 fully saturated rings. The van der Waals surface area contributed by atoms with E-state index in [1.165, 1.54) is 20.1 Å². The number of hydrogen-bond donors (Lipinski definition) is 1. The molecule has 9 heteroatoms. The number of sulfonamides is 1. The maximum Gasteiger partial charge on any atom is 0.261 e. The molecule has 1 N–H and O–H groups in total. The van der Waals surface area contributed by atoms with E-state index in [1.807, 2.05) is 0 Å². The second-order valence-electron chi connectivity index (χ2n) is 6.88. The maximum absolute atomic E-state index is 12.9. The smallest absolute Gasteiger partial charge is 0.261 e. The lowest BCUT2D eigenvalue weighted by molar-refractivity contribution is -0.116. The van der Waals surface area contributed by atoms with E-state index in [2.05, 4.69) is 4.72 Å². The highest BCUT2D eigenvalue weighted by Gasteiger charge is 2.23. The molecule has 0 radical (unpaired) electrons. The minimum Gasteiger partial charge on any atom is -0.493 e. The third-order valence-corrected chi connectivity index (χ3v) is 6.20. The number of hydrogen-bond acceptors (Lipinski definition) is 6. The molecule has 0 spiro atoms. The van der Waals surface area contributed by atoms with Crippen molar-refractivity contribution in [2.24, 2.45) is 0 Å². The Balaban J connectivity index is 1.84. The number of carbonyl (C=O) groups excluding carboxylic acids is 1. The highest BCUT2D eigenvalue weighted by Crippen LogP contribution is 2.33. The van der Waals surface area contributed by atoms with Crippen molar-refractivity contribution < 1.29 is 27.4 Å². The van der Waals surface area contributed by atoms with Gasteiger partial charge in [0.15, 0.2) is 11.5 Å². The number of nitrogens with one attached hydrogen (secondary N) is 1. The predicted molar refractivity (Wildman–Crippen MR) is 114 cm³/mol. The van der Waals surface area contributed by atoms with E-state index in [-0.39, 0.29) is 10.8 Å². The Bertz CT molecular complexity index is 1020. The van der Waals surface area contributed by atoms with Crippen LogP contribution in [0.4, 0.5) is 11.4 Å². The van der Waals surface area contributed by atoms with Crippen molar-refractivity contribution >= 4 is 27.3 Å². The molecule has 0 aromatic heterocycles. The molecule has 162 valence electrons. The van der Waals surface area contributed by atoms with Gasteiger partial charge in [0, 0.05) is 32.3 Å². The first kappa shape index (κ1) is 21.9. The molecular weight excluding hydrogens is 408 g/mol. The van der Waals surface area contributed by atoms with Gasteiger partial charge in [0.2, 0.25) is 5.91 Å². The van der Waals surface area contributed by atoms with Gasteiger partial charge >= 0.3 is 0 Å². The number of amides is 1. The summed E-state index contributed by atoms with van der Waals surface area (Å²) in [6.07, 6.45) is 1.52. The molecule has 2 aromatic carbocycles. The standard InChI is InChI=1S/C21H26N2O6S/c1-15(24)23-10-4-5-16-13-18(7-8-19(16)23)30(25,26)22-17-6-9-20(28-3)21(14-17)29-12-11-27-2/h6-9,13-14,22H,4-5,10-12H2,1-3H3. The van der Waals surface area contributed by atoms with Crippen LogP contribution >= 0.6 is 0 Å². The molecule has 1 aliphatic heterocycles. The predicted octanol–water partition coefficient (Wildman–Crippen LogP) is 2.82. The van der Waals surface area contributed by atoms with E-state index < -0.39 is 10.0 Å². The average molecular weight is 435 g/mol. The summed E-state index contributed by atoms with van der Waals surface area (Å²) in [5, 5.41) is 0.